The summed E-state index contributed by atoms with van der Waals surface area (Å²) in [6, 6.07) is 10.3. The van der Waals surface area contributed by atoms with E-state index in [9.17, 15) is 0 Å². The smallest absolute Gasteiger partial charge is 0.153 e. The van der Waals surface area contributed by atoms with E-state index in [1.807, 2.05) is 12.1 Å². The first kappa shape index (κ1) is 13.4. The van der Waals surface area contributed by atoms with Crippen LogP contribution in [0.4, 0.5) is 5.82 Å². The summed E-state index contributed by atoms with van der Waals surface area (Å²) in [5.74, 6) is 1.91. The van der Waals surface area contributed by atoms with E-state index < -0.39 is 0 Å². The van der Waals surface area contributed by atoms with Crippen LogP contribution in [0.1, 0.15) is 0 Å². The summed E-state index contributed by atoms with van der Waals surface area (Å²) < 4.78 is 7.56. The molecule has 0 atom stereocenters. The summed E-state index contributed by atoms with van der Waals surface area (Å²) in [5.41, 5.74) is 3.25. The Morgan fingerprint density at radius 1 is 1.05 bits per heavy atom. The van der Waals surface area contributed by atoms with Gasteiger partial charge in [-0.3, -0.25) is 0 Å². The second-order valence-electron chi connectivity index (χ2n) is 5.84. The van der Waals surface area contributed by atoms with Crippen LogP contribution < -0.4 is 9.64 Å². The lowest BCUT2D eigenvalue weighted by molar-refractivity contribution is 0.312. The maximum atomic E-state index is 5.35. The van der Waals surface area contributed by atoms with E-state index >= 15 is 0 Å². The van der Waals surface area contributed by atoms with Gasteiger partial charge in [0, 0.05) is 38.4 Å². The van der Waals surface area contributed by atoms with E-state index in [1.54, 1.807) is 7.11 Å². The Morgan fingerprint density at radius 3 is 2.64 bits per heavy atom. The van der Waals surface area contributed by atoms with Crippen LogP contribution in [0.3, 0.4) is 0 Å². The van der Waals surface area contributed by atoms with E-state index in [2.05, 4.69) is 45.6 Å². The van der Waals surface area contributed by atoms with E-state index in [-0.39, 0.29) is 0 Å². The van der Waals surface area contributed by atoms with Crippen LogP contribution in [0.2, 0.25) is 0 Å². The molecule has 1 aliphatic rings. The number of likely N-dealkylation sites (N-methyl/N-ethyl adjacent to an activating group) is 1. The Kier molecular flexibility index (Phi) is 3.15. The molecule has 0 unspecified atom stereocenters. The summed E-state index contributed by atoms with van der Waals surface area (Å²) in [5, 5.41) is 0. The lowest BCUT2D eigenvalue weighted by atomic mass is 10.2. The van der Waals surface area contributed by atoms with Crippen molar-refractivity contribution in [2.75, 3.05) is 45.2 Å². The highest BCUT2D eigenvalue weighted by molar-refractivity contribution is 5.86. The van der Waals surface area contributed by atoms with Gasteiger partial charge in [-0.2, -0.15) is 0 Å². The molecule has 1 fully saturated rings. The van der Waals surface area contributed by atoms with Crippen LogP contribution in [0.5, 0.6) is 5.75 Å². The fraction of sp³-hybridized carbons (Fsp3) is 0.353. The SMILES string of the molecule is COc1ccc2c(c1)nc(N1CCN(C)CC1)c1cccn12. The van der Waals surface area contributed by atoms with Crippen LogP contribution >= 0.6 is 0 Å². The zero-order valence-corrected chi connectivity index (χ0v) is 13.0. The molecule has 0 spiro atoms. The molecule has 4 rings (SSSR count). The van der Waals surface area contributed by atoms with Crippen molar-refractivity contribution in [2.24, 2.45) is 0 Å². The lowest BCUT2D eigenvalue weighted by Crippen LogP contribution is -2.45. The lowest BCUT2D eigenvalue weighted by Gasteiger charge is -2.33. The normalized spacial score (nSPS) is 16.5. The minimum atomic E-state index is 0.843. The van der Waals surface area contributed by atoms with Crippen molar-refractivity contribution in [3.8, 4) is 5.75 Å². The highest BCUT2D eigenvalue weighted by atomic mass is 16.5. The molecule has 0 radical (unpaired) electrons. The Bertz CT molecular complexity index is 818. The van der Waals surface area contributed by atoms with E-state index in [0.29, 0.717) is 0 Å². The van der Waals surface area contributed by atoms with Crippen molar-refractivity contribution in [3.63, 3.8) is 0 Å². The number of fused-ring (bicyclic) bond motifs is 3. The third-order valence-electron chi connectivity index (χ3n) is 4.45. The number of methoxy groups -OCH3 is 1. The molecule has 0 bridgehead atoms. The Balaban J connectivity index is 1.90. The van der Waals surface area contributed by atoms with E-state index in [0.717, 1.165) is 48.8 Å². The first-order chi connectivity index (χ1) is 10.8. The van der Waals surface area contributed by atoms with Gasteiger partial charge >= 0.3 is 0 Å². The van der Waals surface area contributed by atoms with Crippen molar-refractivity contribution in [1.29, 1.82) is 0 Å². The average Bonchev–Trinajstić information content (AvgIpc) is 3.04. The Hall–Kier alpha value is -2.27. The number of anilines is 1. The van der Waals surface area contributed by atoms with Crippen LogP contribution in [-0.4, -0.2) is 54.6 Å². The molecule has 114 valence electrons. The number of hydrogen-bond donors (Lipinski definition) is 0. The number of hydrogen-bond acceptors (Lipinski definition) is 4. The van der Waals surface area contributed by atoms with Gasteiger partial charge < -0.3 is 18.9 Å². The third-order valence-corrected chi connectivity index (χ3v) is 4.45. The predicted molar refractivity (Wildman–Crippen MR) is 89.0 cm³/mol. The summed E-state index contributed by atoms with van der Waals surface area (Å²) in [4.78, 5) is 9.68. The van der Waals surface area contributed by atoms with Crippen LogP contribution in [0.25, 0.3) is 16.6 Å². The van der Waals surface area contributed by atoms with Crippen molar-refractivity contribution >= 4 is 22.4 Å². The minimum absolute atomic E-state index is 0.843. The summed E-state index contributed by atoms with van der Waals surface area (Å²) in [6.45, 7) is 4.18. The number of rotatable bonds is 2. The largest absolute Gasteiger partial charge is 0.497 e. The van der Waals surface area contributed by atoms with Crippen LogP contribution in [0.15, 0.2) is 36.5 Å². The standard InChI is InChI=1S/C17H20N4O/c1-19-8-10-20(11-9-19)17-16-4-3-7-21(16)15-6-5-13(22-2)12-14(15)18-17/h3-7,12H,8-11H2,1-2H3. The molecule has 0 aliphatic carbocycles. The van der Waals surface area contributed by atoms with Gasteiger partial charge in [0.25, 0.3) is 0 Å². The molecule has 0 amide bonds. The molecular weight excluding hydrogens is 276 g/mol. The number of nitrogens with zero attached hydrogens (tertiary/aromatic N) is 4. The van der Waals surface area contributed by atoms with Gasteiger partial charge in [0.15, 0.2) is 5.82 Å². The molecule has 0 saturated carbocycles. The van der Waals surface area contributed by atoms with Gasteiger partial charge in [-0.1, -0.05) is 0 Å². The molecule has 22 heavy (non-hydrogen) atoms. The summed E-state index contributed by atoms with van der Waals surface area (Å²) >= 11 is 0. The van der Waals surface area contributed by atoms with Gasteiger partial charge in [-0.25, -0.2) is 4.98 Å². The van der Waals surface area contributed by atoms with Gasteiger partial charge in [-0.15, -0.1) is 0 Å². The van der Waals surface area contributed by atoms with Crippen molar-refractivity contribution in [1.82, 2.24) is 14.3 Å². The zero-order valence-electron chi connectivity index (χ0n) is 13.0. The van der Waals surface area contributed by atoms with Gasteiger partial charge in [-0.05, 0) is 31.3 Å². The van der Waals surface area contributed by atoms with Crippen molar-refractivity contribution < 1.29 is 4.74 Å². The van der Waals surface area contributed by atoms with Gasteiger partial charge in [0.05, 0.1) is 23.7 Å². The Morgan fingerprint density at radius 2 is 1.86 bits per heavy atom. The molecule has 1 aromatic carbocycles. The molecule has 2 aromatic heterocycles. The van der Waals surface area contributed by atoms with Crippen molar-refractivity contribution in [3.05, 3.63) is 36.5 Å². The minimum Gasteiger partial charge on any atom is -0.497 e. The van der Waals surface area contributed by atoms with Crippen molar-refractivity contribution in [2.45, 2.75) is 0 Å². The average molecular weight is 296 g/mol. The highest BCUT2D eigenvalue weighted by Crippen LogP contribution is 2.28. The molecular formula is C17H20N4O. The number of benzene rings is 1. The fourth-order valence-corrected chi connectivity index (χ4v) is 3.12. The molecule has 1 saturated heterocycles. The second kappa shape index (κ2) is 5.18. The fourth-order valence-electron chi connectivity index (χ4n) is 3.12. The molecule has 5 heteroatoms. The number of ether oxygens (including phenoxy) is 1. The molecule has 0 N–H and O–H groups in total. The molecule has 5 nitrogen and oxygen atoms in total. The van der Waals surface area contributed by atoms with Gasteiger partial charge in [0.1, 0.15) is 5.75 Å². The first-order valence-corrected chi connectivity index (χ1v) is 7.64. The first-order valence-electron chi connectivity index (χ1n) is 7.64. The zero-order chi connectivity index (χ0) is 15.1. The molecule has 3 heterocycles. The van der Waals surface area contributed by atoms with Crippen LogP contribution in [-0.2, 0) is 0 Å². The van der Waals surface area contributed by atoms with Gasteiger partial charge in [0.2, 0.25) is 0 Å². The second-order valence-corrected chi connectivity index (χ2v) is 5.84. The quantitative estimate of drug-likeness (QED) is 0.726. The summed E-state index contributed by atoms with van der Waals surface area (Å²) in [7, 11) is 3.86. The summed E-state index contributed by atoms with van der Waals surface area (Å²) in [6.07, 6.45) is 2.10. The number of piperazine rings is 1. The molecule has 3 aromatic rings. The Labute approximate surface area is 129 Å². The van der Waals surface area contributed by atoms with Crippen LogP contribution in [0, 0.1) is 0 Å². The predicted octanol–water partition coefficient (Wildman–Crippen LogP) is 2.25. The van der Waals surface area contributed by atoms with E-state index in [1.165, 1.54) is 5.52 Å². The topological polar surface area (TPSA) is 33.0 Å². The maximum absolute atomic E-state index is 5.35. The van der Waals surface area contributed by atoms with E-state index in [4.69, 9.17) is 9.72 Å². The number of aromatic nitrogens is 2. The molecule has 1 aliphatic heterocycles. The monoisotopic (exact) mass is 296 g/mol. The maximum Gasteiger partial charge on any atom is 0.153 e. The third kappa shape index (κ3) is 2.09. The highest BCUT2D eigenvalue weighted by Gasteiger charge is 2.19.